The maximum atomic E-state index is 12.0. The van der Waals surface area contributed by atoms with Crippen molar-refractivity contribution in [3.63, 3.8) is 0 Å². The van der Waals surface area contributed by atoms with Crippen molar-refractivity contribution < 1.29 is 14.3 Å². The third-order valence-corrected chi connectivity index (χ3v) is 3.40. The van der Waals surface area contributed by atoms with Crippen LogP contribution in [0.5, 0.6) is 5.75 Å². The molecule has 0 bridgehead atoms. The fourth-order valence-electron chi connectivity index (χ4n) is 2.19. The smallest absolute Gasteiger partial charge is 0.262 e. The van der Waals surface area contributed by atoms with E-state index in [4.69, 9.17) is 10.00 Å². The van der Waals surface area contributed by atoms with Gasteiger partial charge in [-0.1, -0.05) is 25.1 Å². The van der Waals surface area contributed by atoms with Crippen molar-refractivity contribution in [3.05, 3.63) is 54.1 Å². The van der Waals surface area contributed by atoms with Crippen LogP contribution in [0.3, 0.4) is 0 Å². The highest BCUT2D eigenvalue weighted by Gasteiger charge is 2.07. The van der Waals surface area contributed by atoms with E-state index in [0.717, 1.165) is 12.0 Å². The van der Waals surface area contributed by atoms with Crippen molar-refractivity contribution in [2.45, 2.75) is 19.8 Å². The molecule has 0 atom stereocenters. The summed E-state index contributed by atoms with van der Waals surface area (Å²) in [5, 5.41) is 13.8. The highest BCUT2D eigenvalue weighted by atomic mass is 16.5. The highest BCUT2D eigenvalue weighted by molar-refractivity contribution is 5.94. The minimum atomic E-state index is -0.373. The van der Waals surface area contributed by atoms with E-state index in [-0.39, 0.29) is 24.8 Å². The molecule has 0 saturated carbocycles. The molecular weight excluding hydrogens is 318 g/mol. The van der Waals surface area contributed by atoms with Crippen LogP contribution in [-0.2, 0) is 16.0 Å². The molecule has 0 aliphatic heterocycles. The number of carbonyl (C=O) groups excluding carboxylic acids is 2. The van der Waals surface area contributed by atoms with Crippen LogP contribution < -0.4 is 15.4 Å². The van der Waals surface area contributed by atoms with E-state index in [0.29, 0.717) is 17.1 Å². The Kier molecular flexibility index (Phi) is 6.55. The largest absolute Gasteiger partial charge is 0.483 e. The number of nitrogens with zero attached hydrogens (tertiary/aromatic N) is 1. The minimum Gasteiger partial charge on any atom is -0.483 e. The standard InChI is InChI=1S/C19H19N3O3/c1-2-14-5-3-4-6-17(14)25-13-19(24)22-16-9-7-15(8-10-16)21-18(23)11-12-20/h3-10H,2,11,13H2,1H3,(H,21,23)(H,22,24). The van der Waals surface area contributed by atoms with Crippen LogP contribution >= 0.6 is 0 Å². The molecule has 0 aliphatic carbocycles. The molecule has 0 aromatic heterocycles. The summed E-state index contributed by atoms with van der Waals surface area (Å²) in [6, 6.07) is 16.0. The van der Waals surface area contributed by atoms with Gasteiger partial charge in [-0.3, -0.25) is 9.59 Å². The number of anilines is 2. The Morgan fingerprint density at radius 2 is 1.60 bits per heavy atom. The second-order valence-corrected chi connectivity index (χ2v) is 5.26. The Hall–Kier alpha value is -3.33. The van der Waals surface area contributed by atoms with E-state index in [1.165, 1.54) is 0 Å². The van der Waals surface area contributed by atoms with E-state index in [9.17, 15) is 9.59 Å². The zero-order valence-electron chi connectivity index (χ0n) is 13.9. The zero-order chi connectivity index (χ0) is 18.1. The molecule has 0 aliphatic rings. The predicted molar refractivity (Wildman–Crippen MR) is 95.2 cm³/mol. The molecule has 25 heavy (non-hydrogen) atoms. The third kappa shape index (κ3) is 5.66. The van der Waals surface area contributed by atoms with Gasteiger partial charge in [-0.25, -0.2) is 0 Å². The Morgan fingerprint density at radius 3 is 2.20 bits per heavy atom. The maximum absolute atomic E-state index is 12.0. The Balaban J connectivity index is 1.86. The molecule has 6 heteroatoms. The first-order valence-corrected chi connectivity index (χ1v) is 7.89. The van der Waals surface area contributed by atoms with E-state index < -0.39 is 0 Å². The van der Waals surface area contributed by atoms with Gasteiger partial charge in [-0.05, 0) is 42.3 Å². The SMILES string of the molecule is CCc1ccccc1OCC(=O)Nc1ccc(NC(=O)CC#N)cc1. The van der Waals surface area contributed by atoms with Crippen LogP contribution in [0.15, 0.2) is 48.5 Å². The van der Waals surface area contributed by atoms with Gasteiger partial charge in [0, 0.05) is 11.4 Å². The lowest BCUT2D eigenvalue weighted by Gasteiger charge is -2.11. The number of carbonyl (C=O) groups is 2. The summed E-state index contributed by atoms with van der Waals surface area (Å²) in [5.74, 6) is 0.0603. The molecule has 0 heterocycles. The van der Waals surface area contributed by atoms with Gasteiger partial charge in [0.1, 0.15) is 12.2 Å². The number of ether oxygens (including phenoxy) is 1. The van der Waals surface area contributed by atoms with Gasteiger partial charge in [0.25, 0.3) is 5.91 Å². The molecule has 0 saturated heterocycles. The van der Waals surface area contributed by atoms with Crippen molar-refractivity contribution in [3.8, 4) is 11.8 Å². The van der Waals surface area contributed by atoms with Crippen LogP contribution in [-0.4, -0.2) is 18.4 Å². The average Bonchev–Trinajstić information content (AvgIpc) is 2.62. The molecule has 2 N–H and O–H groups in total. The summed E-state index contributed by atoms with van der Waals surface area (Å²) in [6.07, 6.45) is 0.631. The maximum Gasteiger partial charge on any atom is 0.262 e. The molecule has 2 aromatic rings. The first-order valence-electron chi connectivity index (χ1n) is 7.89. The van der Waals surface area contributed by atoms with Gasteiger partial charge in [0.2, 0.25) is 5.91 Å². The average molecular weight is 337 g/mol. The molecule has 2 amide bonds. The van der Waals surface area contributed by atoms with E-state index >= 15 is 0 Å². The highest BCUT2D eigenvalue weighted by Crippen LogP contribution is 2.18. The van der Waals surface area contributed by atoms with Crippen LogP contribution in [0.25, 0.3) is 0 Å². The van der Waals surface area contributed by atoms with Crippen molar-refractivity contribution in [1.29, 1.82) is 5.26 Å². The second-order valence-electron chi connectivity index (χ2n) is 5.26. The van der Waals surface area contributed by atoms with E-state index in [1.807, 2.05) is 31.2 Å². The molecule has 0 unspecified atom stereocenters. The second kappa shape index (κ2) is 9.08. The van der Waals surface area contributed by atoms with Gasteiger partial charge in [0.05, 0.1) is 6.07 Å². The number of benzene rings is 2. The number of rotatable bonds is 7. The third-order valence-electron chi connectivity index (χ3n) is 3.40. The van der Waals surface area contributed by atoms with Crippen molar-refractivity contribution in [1.82, 2.24) is 0 Å². The zero-order valence-corrected chi connectivity index (χ0v) is 13.9. The molecule has 0 spiro atoms. The Bertz CT molecular complexity index is 779. The topological polar surface area (TPSA) is 91.2 Å². The molecule has 128 valence electrons. The summed E-state index contributed by atoms with van der Waals surface area (Å²) in [6.45, 7) is 1.94. The fraction of sp³-hybridized carbons (Fsp3) is 0.211. The molecule has 6 nitrogen and oxygen atoms in total. The van der Waals surface area contributed by atoms with Crippen molar-refractivity contribution in [2.24, 2.45) is 0 Å². The summed E-state index contributed by atoms with van der Waals surface area (Å²) >= 11 is 0. The quantitative estimate of drug-likeness (QED) is 0.812. The molecular formula is C19H19N3O3. The van der Waals surface area contributed by atoms with Gasteiger partial charge in [-0.15, -0.1) is 0 Å². The molecule has 2 aromatic carbocycles. The van der Waals surface area contributed by atoms with Crippen molar-refractivity contribution in [2.75, 3.05) is 17.2 Å². The molecule has 2 rings (SSSR count). The fourth-order valence-corrected chi connectivity index (χ4v) is 2.19. The summed E-state index contributed by atoms with van der Waals surface area (Å²) in [7, 11) is 0. The van der Waals surface area contributed by atoms with E-state index in [2.05, 4.69) is 10.6 Å². The normalized spacial score (nSPS) is 9.76. The van der Waals surface area contributed by atoms with Gasteiger partial charge in [-0.2, -0.15) is 5.26 Å². The number of amides is 2. The van der Waals surface area contributed by atoms with E-state index in [1.54, 1.807) is 30.3 Å². The van der Waals surface area contributed by atoms with Crippen LogP contribution in [0.4, 0.5) is 11.4 Å². The number of nitriles is 1. The monoisotopic (exact) mass is 337 g/mol. The summed E-state index contributed by atoms with van der Waals surface area (Å²) in [5.41, 5.74) is 2.20. The molecule has 0 radical (unpaired) electrons. The number of hydrogen-bond donors (Lipinski definition) is 2. The first-order chi connectivity index (χ1) is 12.1. The lowest BCUT2D eigenvalue weighted by atomic mass is 10.1. The van der Waals surface area contributed by atoms with Gasteiger partial charge >= 0.3 is 0 Å². The number of para-hydroxylation sites is 1. The predicted octanol–water partition coefficient (Wildman–Crippen LogP) is 3.12. The Morgan fingerprint density at radius 1 is 1.00 bits per heavy atom. The minimum absolute atomic E-state index is 0.0856. The van der Waals surface area contributed by atoms with Crippen LogP contribution in [0, 0.1) is 11.3 Å². The van der Waals surface area contributed by atoms with Gasteiger partial charge in [0.15, 0.2) is 6.61 Å². The summed E-state index contributed by atoms with van der Waals surface area (Å²) in [4.78, 5) is 23.3. The lowest BCUT2D eigenvalue weighted by Crippen LogP contribution is -2.20. The number of nitrogens with one attached hydrogen (secondary N) is 2. The van der Waals surface area contributed by atoms with Gasteiger partial charge < -0.3 is 15.4 Å². The lowest BCUT2D eigenvalue weighted by molar-refractivity contribution is -0.118. The first kappa shape index (κ1) is 18.0. The van der Waals surface area contributed by atoms with Crippen LogP contribution in [0.2, 0.25) is 0 Å². The van der Waals surface area contributed by atoms with Crippen LogP contribution in [0.1, 0.15) is 18.9 Å². The van der Waals surface area contributed by atoms with Crippen molar-refractivity contribution >= 4 is 23.2 Å². The number of aryl methyl sites for hydroxylation is 1. The summed E-state index contributed by atoms with van der Waals surface area (Å²) < 4.78 is 5.57. The molecule has 0 fully saturated rings. The number of hydrogen-bond acceptors (Lipinski definition) is 4. The Labute approximate surface area is 146 Å².